The second-order valence-corrected chi connectivity index (χ2v) is 9.61. The largest absolute Gasteiger partial charge is 0.489 e. The minimum absolute atomic E-state index is 0.165. The quantitative estimate of drug-likeness (QED) is 0.527. The molecule has 1 unspecified atom stereocenters. The van der Waals surface area contributed by atoms with E-state index in [9.17, 15) is 14.7 Å². The lowest BCUT2D eigenvalue weighted by atomic mass is 9.91. The van der Waals surface area contributed by atoms with Gasteiger partial charge in [-0.3, -0.25) is 14.6 Å². The summed E-state index contributed by atoms with van der Waals surface area (Å²) >= 11 is 0. The van der Waals surface area contributed by atoms with Gasteiger partial charge in [-0.05, 0) is 69.9 Å². The molecule has 0 fully saturated rings. The molecule has 0 saturated carbocycles. The summed E-state index contributed by atoms with van der Waals surface area (Å²) in [6, 6.07) is 15.5. The first-order chi connectivity index (χ1) is 16.7. The van der Waals surface area contributed by atoms with Crippen LogP contribution in [-0.4, -0.2) is 70.1 Å². The molecule has 0 aromatic heterocycles. The average Bonchev–Trinajstić information content (AvgIpc) is 2.84. The minimum atomic E-state index is -1.07. The van der Waals surface area contributed by atoms with Gasteiger partial charge in [-0.25, -0.2) is 4.79 Å². The fraction of sp³-hybridized carbons (Fsp3) is 0.500. The Labute approximate surface area is 209 Å². The van der Waals surface area contributed by atoms with Crippen molar-refractivity contribution >= 4 is 12.0 Å². The third kappa shape index (κ3) is 6.54. The van der Waals surface area contributed by atoms with Crippen molar-refractivity contribution in [3.63, 3.8) is 0 Å². The Bertz CT molecular complexity index is 985. The third-order valence-electron chi connectivity index (χ3n) is 6.72. The molecular weight excluding hydrogens is 442 g/mol. The Hall–Kier alpha value is -3.06. The molecule has 0 aliphatic carbocycles. The van der Waals surface area contributed by atoms with E-state index in [1.165, 1.54) is 4.90 Å². The van der Waals surface area contributed by atoms with Crippen LogP contribution in [0.1, 0.15) is 57.4 Å². The van der Waals surface area contributed by atoms with Crippen LogP contribution in [-0.2, 0) is 17.8 Å². The number of hydrogen-bond acceptors (Lipinski definition) is 4. The number of amides is 2. The third-order valence-corrected chi connectivity index (χ3v) is 6.72. The summed E-state index contributed by atoms with van der Waals surface area (Å²) in [6.07, 6.45) is -0.519. The number of rotatable bonds is 10. The predicted molar refractivity (Wildman–Crippen MR) is 138 cm³/mol. The molecule has 190 valence electrons. The fourth-order valence-electron chi connectivity index (χ4n) is 4.85. The van der Waals surface area contributed by atoms with Gasteiger partial charge in [-0.2, -0.15) is 0 Å². The van der Waals surface area contributed by atoms with Gasteiger partial charge < -0.3 is 14.7 Å². The number of carbonyl (C=O) groups is 2. The second kappa shape index (κ2) is 12.1. The lowest BCUT2D eigenvalue weighted by molar-refractivity contribution is -0.137. The van der Waals surface area contributed by atoms with Crippen molar-refractivity contribution in [3.8, 4) is 5.75 Å². The first-order valence-corrected chi connectivity index (χ1v) is 12.6. The number of benzene rings is 2. The van der Waals surface area contributed by atoms with E-state index in [1.54, 1.807) is 4.90 Å². The lowest BCUT2D eigenvalue weighted by Gasteiger charge is -2.38. The molecule has 0 radical (unpaired) electrons. The van der Waals surface area contributed by atoms with Crippen molar-refractivity contribution in [3.05, 3.63) is 65.2 Å². The number of ether oxygens (including phenoxy) is 1. The highest BCUT2D eigenvalue weighted by molar-refractivity contribution is 5.87. The monoisotopic (exact) mass is 481 g/mol. The summed E-state index contributed by atoms with van der Waals surface area (Å²) in [5.41, 5.74) is 2.79. The Kier molecular flexibility index (Phi) is 9.15. The molecule has 1 aliphatic heterocycles. The molecule has 7 nitrogen and oxygen atoms in total. The molecule has 1 N–H and O–H groups in total. The van der Waals surface area contributed by atoms with Crippen LogP contribution in [0.2, 0.25) is 0 Å². The van der Waals surface area contributed by atoms with Gasteiger partial charge in [0, 0.05) is 38.3 Å². The van der Waals surface area contributed by atoms with Crippen LogP contribution in [0.25, 0.3) is 0 Å². The highest BCUT2D eigenvalue weighted by Crippen LogP contribution is 2.34. The first kappa shape index (κ1) is 26.5. The van der Waals surface area contributed by atoms with E-state index >= 15 is 0 Å². The van der Waals surface area contributed by atoms with Gasteiger partial charge in [0.2, 0.25) is 5.91 Å². The van der Waals surface area contributed by atoms with Gasteiger partial charge >= 0.3 is 6.09 Å². The maximum absolute atomic E-state index is 13.7. The van der Waals surface area contributed by atoms with Crippen LogP contribution in [0.5, 0.6) is 5.75 Å². The van der Waals surface area contributed by atoms with Gasteiger partial charge in [0.15, 0.2) is 0 Å². The van der Waals surface area contributed by atoms with E-state index in [1.807, 2.05) is 55.5 Å². The van der Waals surface area contributed by atoms with Gasteiger partial charge in [0.25, 0.3) is 0 Å². The zero-order valence-corrected chi connectivity index (χ0v) is 21.6. The summed E-state index contributed by atoms with van der Waals surface area (Å²) in [7, 11) is 0. The van der Waals surface area contributed by atoms with E-state index in [-0.39, 0.29) is 12.5 Å². The van der Waals surface area contributed by atoms with Crippen LogP contribution in [0.3, 0.4) is 0 Å². The molecular formula is C28H39N3O4. The van der Waals surface area contributed by atoms with Crippen LogP contribution in [0.15, 0.2) is 48.5 Å². The molecule has 2 aromatic rings. The maximum atomic E-state index is 13.7. The number of hydrogen-bond donors (Lipinski definition) is 1. The van der Waals surface area contributed by atoms with Gasteiger partial charge in [0.1, 0.15) is 18.4 Å². The highest BCUT2D eigenvalue weighted by atomic mass is 16.5. The van der Waals surface area contributed by atoms with Gasteiger partial charge in [-0.15, -0.1) is 0 Å². The molecule has 0 spiro atoms. The number of fused-ring (bicyclic) bond motifs is 1. The van der Waals surface area contributed by atoms with Gasteiger partial charge in [0.05, 0.1) is 0 Å². The molecule has 35 heavy (non-hydrogen) atoms. The Morgan fingerprint density at radius 2 is 1.74 bits per heavy atom. The van der Waals surface area contributed by atoms with Crippen molar-refractivity contribution in [2.45, 2.75) is 65.8 Å². The fourth-order valence-corrected chi connectivity index (χ4v) is 4.85. The Morgan fingerprint density at radius 3 is 2.34 bits per heavy atom. The minimum Gasteiger partial charge on any atom is -0.489 e. The van der Waals surface area contributed by atoms with Crippen molar-refractivity contribution in [1.82, 2.24) is 14.7 Å². The molecule has 7 heteroatoms. The Morgan fingerprint density at radius 1 is 1.06 bits per heavy atom. The van der Waals surface area contributed by atoms with Gasteiger partial charge in [-0.1, -0.05) is 36.4 Å². The van der Waals surface area contributed by atoms with E-state index in [2.05, 4.69) is 32.6 Å². The molecule has 3 rings (SSSR count). The molecule has 2 aromatic carbocycles. The summed E-state index contributed by atoms with van der Waals surface area (Å²) in [4.78, 5) is 31.2. The molecule has 1 aliphatic rings. The van der Waals surface area contributed by atoms with Crippen LogP contribution in [0.4, 0.5) is 4.79 Å². The first-order valence-electron chi connectivity index (χ1n) is 12.6. The Balaban J connectivity index is 1.81. The van der Waals surface area contributed by atoms with Crippen LogP contribution in [0, 0.1) is 0 Å². The zero-order valence-electron chi connectivity index (χ0n) is 21.6. The standard InChI is InChI=1S/C28H39N3O4/c1-6-29(16-17-30(20(2)3)21(4)5)27(32)26-25-13-12-24(35-19-22-10-8-7-9-11-22)18-23(25)14-15-31(26)28(33)34/h7-13,18,20-21,26H,6,14-17,19H2,1-5H3,(H,33,34). The summed E-state index contributed by atoms with van der Waals surface area (Å²) in [5, 5.41) is 9.89. The lowest BCUT2D eigenvalue weighted by Crippen LogP contribution is -2.50. The van der Waals surface area contributed by atoms with E-state index in [0.29, 0.717) is 38.2 Å². The smallest absolute Gasteiger partial charge is 0.408 e. The van der Waals surface area contributed by atoms with Crippen LogP contribution >= 0.6 is 0 Å². The molecule has 1 heterocycles. The van der Waals surface area contributed by atoms with E-state index < -0.39 is 12.1 Å². The number of carboxylic acid groups (broad SMARTS) is 1. The SMILES string of the molecule is CCN(CCN(C(C)C)C(C)C)C(=O)C1c2ccc(OCc3ccccc3)cc2CCN1C(=O)O. The molecule has 0 saturated heterocycles. The number of nitrogens with zero attached hydrogens (tertiary/aromatic N) is 3. The normalized spacial score (nSPS) is 15.4. The topological polar surface area (TPSA) is 73.3 Å². The van der Waals surface area contributed by atoms with Crippen molar-refractivity contribution < 1.29 is 19.4 Å². The summed E-state index contributed by atoms with van der Waals surface area (Å²) < 4.78 is 5.98. The predicted octanol–water partition coefficient (Wildman–Crippen LogP) is 4.81. The summed E-state index contributed by atoms with van der Waals surface area (Å²) in [6.45, 7) is 13.1. The van der Waals surface area contributed by atoms with E-state index in [0.717, 1.165) is 29.0 Å². The van der Waals surface area contributed by atoms with Crippen molar-refractivity contribution in [1.29, 1.82) is 0 Å². The maximum Gasteiger partial charge on any atom is 0.408 e. The second-order valence-electron chi connectivity index (χ2n) is 9.61. The molecule has 1 atom stereocenters. The van der Waals surface area contributed by atoms with Crippen LogP contribution < -0.4 is 4.74 Å². The number of likely N-dealkylation sites (N-methyl/N-ethyl adjacent to an activating group) is 1. The highest BCUT2D eigenvalue weighted by Gasteiger charge is 2.38. The number of carbonyl (C=O) groups excluding carboxylic acids is 1. The average molecular weight is 482 g/mol. The molecule has 2 amide bonds. The van der Waals surface area contributed by atoms with Crippen molar-refractivity contribution in [2.24, 2.45) is 0 Å². The zero-order chi connectivity index (χ0) is 25.5. The molecule has 0 bridgehead atoms. The summed E-state index contributed by atoms with van der Waals surface area (Å²) in [5.74, 6) is 0.556. The van der Waals surface area contributed by atoms with Crippen molar-refractivity contribution in [2.75, 3.05) is 26.2 Å². The van der Waals surface area contributed by atoms with E-state index in [4.69, 9.17) is 4.74 Å².